The Morgan fingerprint density at radius 1 is 1.42 bits per heavy atom. The first kappa shape index (κ1) is 9.50. The van der Waals surface area contributed by atoms with Crippen molar-refractivity contribution in [2.45, 2.75) is 31.7 Å². The highest BCUT2D eigenvalue weighted by Gasteiger charge is 2.21. The summed E-state index contributed by atoms with van der Waals surface area (Å²) in [7, 11) is 0. The summed E-state index contributed by atoms with van der Waals surface area (Å²) in [5, 5.41) is 17.3. The summed E-state index contributed by atoms with van der Waals surface area (Å²) < 4.78 is 0. The van der Waals surface area contributed by atoms with E-state index in [0.717, 1.165) is 0 Å². The molecule has 0 aromatic rings. The summed E-state index contributed by atoms with van der Waals surface area (Å²) in [4.78, 5) is 2.09. The fraction of sp³-hybridized carbons (Fsp3) is 0.889. The number of aliphatic hydroxyl groups excluding tert-OH is 1. The van der Waals surface area contributed by atoms with E-state index in [1.54, 1.807) is 0 Å². The molecule has 1 rings (SSSR count). The third-order valence-electron chi connectivity index (χ3n) is 2.50. The van der Waals surface area contributed by atoms with Crippen LogP contribution in [0.2, 0.25) is 0 Å². The van der Waals surface area contributed by atoms with Crippen molar-refractivity contribution < 1.29 is 5.11 Å². The van der Waals surface area contributed by atoms with Gasteiger partial charge in [0.15, 0.2) is 0 Å². The summed E-state index contributed by atoms with van der Waals surface area (Å²) in [5.74, 6) is 0. The van der Waals surface area contributed by atoms with E-state index in [1.807, 2.05) is 0 Å². The standard InChI is InChI=1S/C9H16N2O/c10-5-6-11(7-8-12)9-3-1-2-4-9/h9,12H,1-4,6-8H2. The molecule has 12 heavy (non-hydrogen) atoms. The Labute approximate surface area is 73.6 Å². The molecule has 0 aromatic heterocycles. The predicted octanol–water partition coefficient (Wildman–Crippen LogP) is 0.747. The maximum Gasteiger partial charge on any atom is 0.0869 e. The van der Waals surface area contributed by atoms with Crippen LogP contribution in [0.3, 0.4) is 0 Å². The maximum absolute atomic E-state index is 8.77. The van der Waals surface area contributed by atoms with Crippen LogP contribution in [0.25, 0.3) is 0 Å². The average Bonchev–Trinajstić information content (AvgIpc) is 2.56. The monoisotopic (exact) mass is 168 g/mol. The van der Waals surface area contributed by atoms with E-state index in [1.165, 1.54) is 25.7 Å². The van der Waals surface area contributed by atoms with Gasteiger partial charge in [0.2, 0.25) is 0 Å². The second kappa shape index (κ2) is 5.13. The van der Waals surface area contributed by atoms with Crippen LogP contribution in [-0.2, 0) is 0 Å². The Balaban J connectivity index is 2.35. The fourth-order valence-corrected chi connectivity index (χ4v) is 1.88. The molecule has 68 valence electrons. The Morgan fingerprint density at radius 2 is 2.08 bits per heavy atom. The molecule has 0 heterocycles. The van der Waals surface area contributed by atoms with Crippen molar-refractivity contribution in [3.63, 3.8) is 0 Å². The molecule has 1 fully saturated rings. The zero-order chi connectivity index (χ0) is 8.81. The minimum Gasteiger partial charge on any atom is -0.395 e. The van der Waals surface area contributed by atoms with E-state index in [-0.39, 0.29) is 6.61 Å². The van der Waals surface area contributed by atoms with Crippen molar-refractivity contribution >= 4 is 0 Å². The number of aliphatic hydroxyl groups is 1. The Bertz CT molecular complexity index is 158. The van der Waals surface area contributed by atoms with Gasteiger partial charge in [-0.2, -0.15) is 5.26 Å². The van der Waals surface area contributed by atoms with Crippen LogP contribution >= 0.6 is 0 Å². The first-order chi connectivity index (χ1) is 5.88. The Morgan fingerprint density at radius 3 is 2.58 bits per heavy atom. The van der Waals surface area contributed by atoms with Gasteiger partial charge in [-0.1, -0.05) is 12.8 Å². The van der Waals surface area contributed by atoms with E-state index in [0.29, 0.717) is 19.1 Å². The van der Waals surface area contributed by atoms with Gasteiger partial charge in [-0.15, -0.1) is 0 Å². The molecule has 1 N–H and O–H groups in total. The molecule has 1 aliphatic carbocycles. The molecule has 0 aromatic carbocycles. The van der Waals surface area contributed by atoms with Gasteiger partial charge in [-0.3, -0.25) is 4.90 Å². The predicted molar refractivity (Wildman–Crippen MR) is 46.5 cm³/mol. The van der Waals surface area contributed by atoms with Gasteiger partial charge in [0.05, 0.1) is 19.2 Å². The molecule has 0 atom stereocenters. The van der Waals surface area contributed by atoms with Gasteiger partial charge in [-0.25, -0.2) is 0 Å². The van der Waals surface area contributed by atoms with Crippen molar-refractivity contribution in [1.29, 1.82) is 5.26 Å². The molecule has 0 saturated heterocycles. The first-order valence-electron chi connectivity index (χ1n) is 4.60. The number of hydrogen-bond donors (Lipinski definition) is 1. The highest BCUT2D eigenvalue weighted by atomic mass is 16.3. The lowest BCUT2D eigenvalue weighted by molar-refractivity contribution is 0.167. The highest BCUT2D eigenvalue weighted by molar-refractivity contribution is 4.84. The lowest BCUT2D eigenvalue weighted by atomic mass is 10.2. The van der Waals surface area contributed by atoms with Crippen molar-refractivity contribution in [3.05, 3.63) is 0 Å². The molecule has 0 radical (unpaired) electrons. The van der Waals surface area contributed by atoms with Crippen LogP contribution < -0.4 is 0 Å². The van der Waals surface area contributed by atoms with Crippen molar-refractivity contribution in [2.24, 2.45) is 0 Å². The molecule has 3 nitrogen and oxygen atoms in total. The van der Waals surface area contributed by atoms with Gasteiger partial charge in [0, 0.05) is 12.6 Å². The maximum atomic E-state index is 8.77. The van der Waals surface area contributed by atoms with Crippen molar-refractivity contribution in [3.8, 4) is 6.07 Å². The number of hydrogen-bond acceptors (Lipinski definition) is 3. The second-order valence-electron chi connectivity index (χ2n) is 3.29. The molecule has 1 saturated carbocycles. The summed E-state index contributed by atoms with van der Waals surface area (Å²) >= 11 is 0. The highest BCUT2D eigenvalue weighted by Crippen LogP contribution is 2.22. The molecular formula is C9H16N2O. The average molecular weight is 168 g/mol. The summed E-state index contributed by atoms with van der Waals surface area (Å²) in [5.41, 5.74) is 0. The quantitative estimate of drug-likeness (QED) is 0.630. The van der Waals surface area contributed by atoms with E-state index < -0.39 is 0 Å². The molecule has 0 bridgehead atoms. The zero-order valence-electron chi connectivity index (χ0n) is 7.37. The van der Waals surface area contributed by atoms with E-state index >= 15 is 0 Å². The van der Waals surface area contributed by atoms with Gasteiger partial charge in [0.1, 0.15) is 0 Å². The number of nitriles is 1. The van der Waals surface area contributed by atoms with Gasteiger partial charge >= 0.3 is 0 Å². The molecule has 0 unspecified atom stereocenters. The summed E-state index contributed by atoms with van der Waals surface area (Å²) in [6, 6.07) is 2.70. The second-order valence-corrected chi connectivity index (χ2v) is 3.29. The fourth-order valence-electron chi connectivity index (χ4n) is 1.88. The molecule has 1 aliphatic rings. The minimum absolute atomic E-state index is 0.165. The smallest absolute Gasteiger partial charge is 0.0869 e. The molecule has 0 aliphatic heterocycles. The number of rotatable bonds is 4. The van der Waals surface area contributed by atoms with Crippen LogP contribution in [0.5, 0.6) is 0 Å². The summed E-state index contributed by atoms with van der Waals surface area (Å²) in [6.45, 7) is 1.28. The lowest BCUT2D eigenvalue weighted by Gasteiger charge is -2.24. The molecular weight excluding hydrogens is 152 g/mol. The minimum atomic E-state index is 0.165. The van der Waals surface area contributed by atoms with E-state index in [4.69, 9.17) is 10.4 Å². The van der Waals surface area contributed by atoms with Crippen LogP contribution in [0.1, 0.15) is 25.7 Å². The van der Waals surface area contributed by atoms with E-state index in [9.17, 15) is 0 Å². The van der Waals surface area contributed by atoms with Crippen LogP contribution in [0.4, 0.5) is 0 Å². The largest absolute Gasteiger partial charge is 0.395 e. The molecule has 3 heteroatoms. The number of nitrogens with zero attached hydrogens (tertiary/aromatic N) is 2. The Hall–Kier alpha value is -0.590. The van der Waals surface area contributed by atoms with Gasteiger partial charge < -0.3 is 5.11 Å². The molecule has 0 amide bonds. The van der Waals surface area contributed by atoms with Crippen LogP contribution in [-0.4, -0.2) is 35.7 Å². The third-order valence-corrected chi connectivity index (χ3v) is 2.50. The normalized spacial score (nSPS) is 18.4. The third kappa shape index (κ3) is 2.47. The summed E-state index contributed by atoms with van der Waals surface area (Å²) in [6.07, 6.45) is 4.94. The van der Waals surface area contributed by atoms with Crippen LogP contribution in [0, 0.1) is 11.3 Å². The lowest BCUT2D eigenvalue weighted by Crippen LogP contribution is -2.35. The van der Waals surface area contributed by atoms with E-state index in [2.05, 4.69) is 11.0 Å². The van der Waals surface area contributed by atoms with Crippen molar-refractivity contribution in [2.75, 3.05) is 19.7 Å². The zero-order valence-corrected chi connectivity index (χ0v) is 7.37. The van der Waals surface area contributed by atoms with Crippen LogP contribution in [0.15, 0.2) is 0 Å². The van der Waals surface area contributed by atoms with Gasteiger partial charge in [-0.05, 0) is 12.8 Å². The first-order valence-corrected chi connectivity index (χ1v) is 4.60. The topological polar surface area (TPSA) is 47.3 Å². The molecule has 0 spiro atoms. The van der Waals surface area contributed by atoms with Gasteiger partial charge in [0.25, 0.3) is 0 Å². The SMILES string of the molecule is N#CCN(CCO)C1CCCC1. The Kier molecular flexibility index (Phi) is 4.06. The van der Waals surface area contributed by atoms with Crippen molar-refractivity contribution in [1.82, 2.24) is 4.90 Å².